The first-order chi connectivity index (χ1) is 31.4. The van der Waals surface area contributed by atoms with Crippen molar-refractivity contribution in [2.45, 2.75) is 95.0 Å². The van der Waals surface area contributed by atoms with E-state index < -0.39 is 100 Å². The van der Waals surface area contributed by atoms with Crippen molar-refractivity contribution in [3.63, 3.8) is 0 Å². The van der Waals surface area contributed by atoms with Crippen molar-refractivity contribution in [3.8, 4) is 0 Å². The van der Waals surface area contributed by atoms with E-state index in [0.717, 1.165) is 17.7 Å². The minimum absolute atomic E-state index is 0.00252. The number of carbonyl (C=O) groups excluding carboxylic acids is 3. The van der Waals surface area contributed by atoms with E-state index in [1.54, 1.807) is 38.1 Å². The number of benzene rings is 1. The van der Waals surface area contributed by atoms with Gasteiger partial charge in [-0.3, -0.25) is 46.4 Å². The third-order valence-electron chi connectivity index (χ3n) is 10.8. The second-order valence-electron chi connectivity index (χ2n) is 15.8. The van der Waals surface area contributed by atoms with Crippen molar-refractivity contribution in [2.24, 2.45) is 5.92 Å². The maximum Gasteiger partial charge on any atom is 0.472 e. The number of fused-ring (bicyclic) bond motifs is 4. The molecule has 0 spiro atoms. The zero-order chi connectivity index (χ0) is 47.1. The summed E-state index contributed by atoms with van der Waals surface area (Å²) < 4.78 is 82.9. The highest BCUT2D eigenvalue weighted by atomic mass is 32.7. The van der Waals surface area contributed by atoms with E-state index >= 15 is 4.39 Å². The molecule has 3 amide bonds. The number of ether oxygens (including phenoxy) is 2. The van der Waals surface area contributed by atoms with Crippen LogP contribution in [0.15, 0.2) is 54.4 Å². The second-order valence-corrected chi connectivity index (χ2v) is 21.3. The third kappa shape index (κ3) is 10.2. The Bertz CT molecular complexity index is 2780. The number of halogens is 1. The summed E-state index contributed by atoms with van der Waals surface area (Å²) in [6, 6.07) is 4.68. The van der Waals surface area contributed by atoms with Gasteiger partial charge in [-0.1, -0.05) is 26.0 Å². The number of nitrogens with two attached hydrogens (primary N) is 1. The van der Waals surface area contributed by atoms with Crippen molar-refractivity contribution in [2.75, 3.05) is 24.3 Å². The molecule has 0 aliphatic carbocycles. The fourth-order valence-corrected chi connectivity index (χ4v) is 11.8. The van der Waals surface area contributed by atoms with Crippen LogP contribution in [0.3, 0.4) is 0 Å². The quantitative estimate of drug-likeness (QED) is 0.104. The molecule has 7 N–H and O–H groups in total. The van der Waals surface area contributed by atoms with Gasteiger partial charge in [0.2, 0.25) is 17.7 Å². The lowest BCUT2D eigenvalue weighted by atomic mass is 10.0. The molecule has 354 valence electrons. The normalized spacial score (nSPS) is 29.0. The molecule has 3 fully saturated rings. The van der Waals surface area contributed by atoms with Gasteiger partial charge in [0, 0.05) is 24.8 Å². The van der Waals surface area contributed by atoms with Gasteiger partial charge in [0.05, 0.1) is 32.2 Å². The largest absolute Gasteiger partial charge is 0.472 e. The maximum absolute atomic E-state index is 16.5. The van der Waals surface area contributed by atoms with Gasteiger partial charge in [-0.15, -0.1) is 0 Å². The number of aromatic nitrogens is 8. The number of amides is 3. The standard InChI is InChI=1S/C37H45FN12O13P2S/c1-17(2)27(47-19(4)51)36(54)46-18(3)34(52)48-21-7-5-20(6-8-21)12-66-65(57)59-11-24-30(26(38)37(61-24)50-16-44-28-31(39)40-13-41-32(28)50)63-64(55,56)58-10-23-22(62-65)9-25(60-23)49-15-45-29-33(49)42-14-43-35(29)53/h5-8,13-18,22-27,30,37H,9-12H2,1-4H3,(H,46,54)(H,47,51)(H,48,52)(H,55,56)(H2,39,40,41)(H,42,43,53)/t18-,22-,23+,24+,25+,26+,27-,30+,37+,65?/m0/s1. The number of H-pyrrole nitrogens is 1. The molecule has 0 bridgehead atoms. The van der Waals surface area contributed by atoms with Gasteiger partial charge in [0.25, 0.3) is 5.56 Å². The highest BCUT2D eigenvalue weighted by Gasteiger charge is 2.53. The fourth-order valence-electron chi connectivity index (χ4n) is 7.43. The van der Waals surface area contributed by atoms with Crippen LogP contribution in [-0.2, 0) is 56.8 Å². The van der Waals surface area contributed by atoms with Gasteiger partial charge in [-0.25, -0.2) is 38.4 Å². The van der Waals surface area contributed by atoms with Crippen LogP contribution in [-0.4, -0.2) is 118 Å². The van der Waals surface area contributed by atoms with Gasteiger partial charge >= 0.3 is 14.6 Å². The van der Waals surface area contributed by atoms with E-state index in [0.29, 0.717) is 11.3 Å². The van der Waals surface area contributed by atoms with Gasteiger partial charge in [0.15, 0.2) is 35.0 Å². The summed E-state index contributed by atoms with van der Waals surface area (Å²) in [5.74, 6) is -1.65. The molecule has 3 saturated heterocycles. The lowest BCUT2D eigenvalue weighted by Crippen LogP contribution is -2.53. The van der Waals surface area contributed by atoms with Crippen LogP contribution in [0.5, 0.6) is 0 Å². The number of carbonyl (C=O) groups is 3. The number of phosphoric acid groups is 1. The molecule has 3 aliphatic heterocycles. The average Bonchev–Trinajstić information content (AvgIpc) is 4.06. The van der Waals surface area contributed by atoms with Crippen LogP contribution in [0.25, 0.3) is 22.3 Å². The number of alkyl halides is 1. The Hall–Kier alpha value is -5.21. The minimum Gasteiger partial charge on any atom is -0.382 e. The van der Waals surface area contributed by atoms with Crippen molar-refractivity contribution in [1.82, 2.24) is 49.7 Å². The number of nitrogens with zero attached hydrogens (tertiary/aromatic N) is 7. The number of imidazole rings is 2. The molecule has 3 aliphatic rings. The molecule has 2 unspecified atom stereocenters. The summed E-state index contributed by atoms with van der Waals surface area (Å²) >= 11 is 0.766. The molecule has 1 aromatic carbocycles. The maximum atomic E-state index is 16.5. The Morgan fingerprint density at radius 2 is 1.64 bits per heavy atom. The summed E-state index contributed by atoms with van der Waals surface area (Å²) in [5, 5.41) is 7.93. The first kappa shape index (κ1) is 47.3. The summed E-state index contributed by atoms with van der Waals surface area (Å²) in [6.45, 7) is 0.595. The second kappa shape index (κ2) is 19.2. The van der Waals surface area contributed by atoms with Crippen LogP contribution >= 0.6 is 26.0 Å². The van der Waals surface area contributed by atoms with E-state index in [-0.39, 0.29) is 52.1 Å². The van der Waals surface area contributed by atoms with Crippen LogP contribution in [0.4, 0.5) is 15.9 Å². The Kier molecular flexibility index (Phi) is 13.7. The molecule has 8 rings (SSSR count). The van der Waals surface area contributed by atoms with Crippen LogP contribution < -0.4 is 27.2 Å². The topological polar surface area (TPSA) is 330 Å². The number of nitrogen functional groups attached to an aromatic ring is 1. The van der Waals surface area contributed by atoms with Gasteiger partial charge in [0.1, 0.15) is 54.6 Å². The Labute approximate surface area is 377 Å². The van der Waals surface area contributed by atoms with Gasteiger partial charge < -0.3 is 41.0 Å². The molecule has 0 radical (unpaired) electrons. The highest BCUT2D eigenvalue weighted by molar-refractivity contribution is 8.54. The number of hydrogen-bond donors (Lipinski definition) is 6. The van der Waals surface area contributed by atoms with E-state index in [9.17, 15) is 33.2 Å². The third-order valence-corrected chi connectivity index (χ3v) is 15.4. The molecule has 7 heterocycles. The van der Waals surface area contributed by atoms with Crippen molar-refractivity contribution < 1.29 is 60.4 Å². The first-order valence-corrected chi connectivity index (χ1v) is 25.0. The van der Waals surface area contributed by atoms with Crippen molar-refractivity contribution in [1.29, 1.82) is 0 Å². The fraction of sp³-hybridized carbons (Fsp3) is 0.486. The SMILES string of the molecule is CC(=O)N[C@H](C(=O)N[C@@H](C)C(=O)Nc1ccc(CSP2(=O)OC[C@H]3O[C@@H](n4cnc5c(N)ncnc54)[C@H](F)[C@@H]3OP(=O)(O)OC[C@H]3O[C@@H](n4cnc5c(=O)[nH]cnc54)C[C@@H]3O2)cc1)C(C)C. The Morgan fingerprint density at radius 3 is 2.38 bits per heavy atom. The molecule has 25 nitrogen and oxygen atoms in total. The lowest BCUT2D eigenvalue weighted by molar-refractivity contribution is -0.131. The molecule has 11 atom stereocenters. The van der Waals surface area contributed by atoms with Crippen molar-refractivity contribution in [3.05, 3.63) is 65.5 Å². The summed E-state index contributed by atoms with van der Waals surface area (Å²) in [7, 11) is -5.09. The number of aromatic amines is 1. The first-order valence-electron chi connectivity index (χ1n) is 20.4. The zero-order valence-electron chi connectivity index (χ0n) is 35.5. The number of rotatable bonds is 11. The summed E-state index contributed by atoms with van der Waals surface area (Å²) in [6.07, 6.45) is -5.56. The molecule has 29 heteroatoms. The van der Waals surface area contributed by atoms with E-state index in [4.69, 9.17) is 33.3 Å². The summed E-state index contributed by atoms with van der Waals surface area (Å²) in [4.78, 5) is 83.7. The number of hydrogen-bond acceptors (Lipinski definition) is 19. The zero-order valence-corrected chi connectivity index (χ0v) is 38.1. The monoisotopic (exact) mass is 978 g/mol. The molecule has 66 heavy (non-hydrogen) atoms. The number of phosphoric ester groups is 1. The average molecular weight is 979 g/mol. The van der Waals surface area contributed by atoms with Gasteiger partial charge in [-0.2, -0.15) is 0 Å². The smallest absolute Gasteiger partial charge is 0.382 e. The lowest BCUT2D eigenvalue weighted by Gasteiger charge is -2.28. The summed E-state index contributed by atoms with van der Waals surface area (Å²) in [5.41, 5.74) is 6.80. The Morgan fingerprint density at radius 1 is 0.924 bits per heavy atom. The minimum atomic E-state index is -5.09. The molecule has 4 aromatic heterocycles. The number of anilines is 2. The van der Waals surface area contributed by atoms with Gasteiger partial charge in [-0.05, 0) is 41.9 Å². The van der Waals surface area contributed by atoms with Crippen LogP contribution in [0, 0.1) is 5.92 Å². The predicted molar refractivity (Wildman–Crippen MR) is 231 cm³/mol. The molecule has 5 aromatic rings. The van der Waals surface area contributed by atoms with Crippen LogP contribution in [0.1, 0.15) is 52.1 Å². The van der Waals surface area contributed by atoms with E-state index in [1.807, 2.05) is 0 Å². The van der Waals surface area contributed by atoms with Crippen LogP contribution in [0.2, 0.25) is 0 Å². The van der Waals surface area contributed by atoms with Crippen molar-refractivity contribution >= 4 is 77.6 Å². The van der Waals surface area contributed by atoms with E-state index in [2.05, 4.69) is 45.9 Å². The molecule has 0 saturated carbocycles. The predicted octanol–water partition coefficient (Wildman–Crippen LogP) is 2.63. The molecular formula is C37H45FN12O13P2S. The number of nitrogens with one attached hydrogen (secondary N) is 4. The highest BCUT2D eigenvalue weighted by Crippen LogP contribution is 2.64. The van der Waals surface area contributed by atoms with E-state index in [1.165, 1.54) is 42.0 Å². The Balaban J connectivity index is 1.01. The molecular weight excluding hydrogens is 933 g/mol.